The highest BCUT2D eigenvalue weighted by molar-refractivity contribution is 6.30. The summed E-state index contributed by atoms with van der Waals surface area (Å²) in [6.07, 6.45) is 5.70. The second-order valence-corrected chi connectivity index (χ2v) is 8.04. The Hall–Kier alpha value is -0.530. The van der Waals surface area contributed by atoms with Gasteiger partial charge < -0.3 is 5.11 Å². The Labute approximate surface area is 128 Å². The molecule has 1 aromatic carbocycles. The number of aliphatic hydroxyl groups excluding tert-OH is 1. The third kappa shape index (κ3) is 3.77. The molecular formula is C18H27ClO. The summed E-state index contributed by atoms with van der Waals surface area (Å²) >= 11 is 5.94. The molecule has 20 heavy (non-hydrogen) atoms. The summed E-state index contributed by atoms with van der Waals surface area (Å²) in [6.45, 7) is 7.31. The van der Waals surface area contributed by atoms with E-state index >= 15 is 0 Å². The van der Waals surface area contributed by atoms with Crippen LogP contribution in [0.15, 0.2) is 24.3 Å². The largest absolute Gasteiger partial charge is 0.396 e. The fourth-order valence-corrected chi connectivity index (χ4v) is 3.65. The van der Waals surface area contributed by atoms with Crippen molar-refractivity contribution < 1.29 is 5.11 Å². The highest BCUT2D eigenvalue weighted by atomic mass is 35.5. The molecule has 0 bridgehead atoms. The zero-order valence-electron chi connectivity index (χ0n) is 13.0. The normalized spacial score (nSPS) is 27.6. The number of hydrogen-bond acceptors (Lipinski definition) is 1. The van der Waals surface area contributed by atoms with Crippen molar-refractivity contribution in [3.05, 3.63) is 34.9 Å². The van der Waals surface area contributed by atoms with Crippen molar-refractivity contribution in [2.45, 2.75) is 52.9 Å². The van der Waals surface area contributed by atoms with Crippen LogP contribution in [-0.2, 0) is 6.42 Å². The van der Waals surface area contributed by atoms with Gasteiger partial charge in [-0.3, -0.25) is 0 Å². The van der Waals surface area contributed by atoms with E-state index in [1.807, 2.05) is 12.1 Å². The molecule has 1 aliphatic carbocycles. The first kappa shape index (κ1) is 15.9. The molecule has 112 valence electrons. The monoisotopic (exact) mass is 294 g/mol. The molecule has 0 heterocycles. The lowest BCUT2D eigenvalue weighted by Crippen LogP contribution is -2.36. The molecule has 1 aromatic rings. The number of rotatable bonds is 3. The van der Waals surface area contributed by atoms with Crippen LogP contribution >= 0.6 is 11.6 Å². The number of benzene rings is 1. The van der Waals surface area contributed by atoms with Gasteiger partial charge in [-0.1, -0.05) is 44.5 Å². The van der Waals surface area contributed by atoms with Gasteiger partial charge in [-0.05, 0) is 66.5 Å². The molecule has 2 rings (SSSR count). The van der Waals surface area contributed by atoms with Crippen molar-refractivity contribution in [3.63, 3.8) is 0 Å². The first-order chi connectivity index (χ1) is 9.35. The Kier molecular flexibility index (Phi) is 4.81. The standard InChI is InChI=1S/C18H27ClO/c1-17(2,3)15-8-10-18(13-20,11-9-15)12-14-4-6-16(19)7-5-14/h4-7,15,20H,8-13H2,1-3H3. The van der Waals surface area contributed by atoms with Gasteiger partial charge in [0.1, 0.15) is 0 Å². The summed E-state index contributed by atoms with van der Waals surface area (Å²) in [5, 5.41) is 10.7. The van der Waals surface area contributed by atoms with Gasteiger partial charge in [0, 0.05) is 11.6 Å². The number of halogens is 1. The maximum absolute atomic E-state index is 9.92. The SMILES string of the molecule is CC(C)(C)C1CCC(CO)(Cc2ccc(Cl)cc2)CC1. The Bertz CT molecular complexity index is 422. The molecular weight excluding hydrogens is 268 g/mol. The number of hydrogen-bond donors (Lipinski definition) is 1. The summed E-state index contributed by atoms with van der Waals surface area (Å²) in [4.78, 5) is 0. The van der Waals surface area contributed by atoms with E-state index in [0.29, 0.717) is 12.0 Å². The summed E-state index contributed by atoms with van der Waals surface area (Å²) in [6, 6.07) is 8.08. The first-order valence-electron chi connectivity index (χ1n) is 7.70. The van der Waals surface area contributed by atoms with Crippen molar-refractivity contribution in [3.8, 4) is 0 Å². The Balaban J connectivity index is 2.03. The van der Waals surface area contributed by atoms with Crippen LogP contribution in [0, 0.1) is 16.7 Å². The molecule has 1 aliphatic rings. The zero-order valence-corrected chi connectivity index (χ0v) is 13.7. The molecule has 1 fully saturated rings. The average Bonchev–Trinajstić information content (AvgIpc) is 2.41. The van der Waals surface area contributed by atoms with Crippen LogP contribution < -0.4 is 0 Å². The van der Waals surface area contributed by atoms with Gasteiger partial charge in [-0.2, -0.15) is 0 Å². The van der Waals surface area contributed by atoms with Crippen LogP contribution in [0.3, 0.4) is 0 Å². The van der Waals surface area contributed by atoms with E-state index in [4.69, 9.17) is 11.6 Å². The molecule has 0 radical (unpaired) electrons. The second-order valence-electron chi connectivity index (χ2n) is 7.60. The second kappa shape index (κ2) is 6.07. The van der Waals surface area contributed by atoms with E-state index < -0.39 is 0 Å². The Morgan fingerprint density at radius 3 is 2.15 bits per heavy atom. The predicted octanol–water partition coefficient (Wildman–Crippen LogP) is 5.10. The molecule has 0 aromatic heterocycles. The molecule has 0 aliphatic heterocycles. The Morgan fingerprint density at radius 2 is 1.70 bits per heavy atom. The highest BCUT2D eigenvalue weighted by Gasteiger charge is 2.38. The Morgan fingerprint density at radius 1 is 1.15 bits per heavy atom. The van der Waals surface area contributed by atoms with Crippen molar-refractivity contribution >= 4 is 11.6 Å². The highest BCUT2D eigenvalue weighted by Crippen LogP contribution is 2.46. The maximum Gasteiger partial charge on any atom is 0.0490 e. The van der Waals surface area contributed by atoms with Crippen LogP contribution in [-0.4, -0.2) is 11.7 Å². The van der Waals surface area contributed by atoms with Crippen LogP contribution in [0.25, 0.3) is 0 Å². The van der Waals surface area contributed by atoms with Gasteiger partial charge in [-0.15, -0.1) is 0 Å². The van der Waals surface area contributed by atoms with E-state index in [-0.39, 0.29) is 5.41 Å². The summed E-state index contributed by atoms with van der Waals surface area (Å²) in [7, 11) is 0. The lowest BCUT2D eigenvalue weighted by atomic mass is 9.62. The van der Waals surface area contributed by atoms with E-state index in [1.54, 1.807) is 0 Å². The topological polar surface area (TPSA) is 20.2 Å². The molecule has 1 N–H and O–H groups in total. The van der Waals surface area contributed by atoms with Crippen LogP contribution in [0.4, 0.5) is 0 Å². The summed E-state index contributed by atoms with van der Waals surface area (Å²) in [5.41, 5.74) is 1.76. The van der Waals surface area contributed by atoms with E-state index in [0.717, 1.165) is 30.2 Å². The van der Waals surface area contributed by atoms with Gasteiger partial charge >= 0.3 is 0 Å². The van der Waals surface area contributed by atoms with E-state index in [2.05, 4.69) is 32.9 Å². The third-order valence-corrected chi connectivity index (χ3v) is 5.35. The fourth-order valence-electron chi connectivity index (χ4n) is 3.52. The smallest absolute Gasteiger partial charge is 0.0490 e. The molecule has 1 nitrogen and oxygen atoms in total. The molecule has 0 amide bonds. The van der Waals surface area contributed by atoms with Crippen LogP contribution in [0.2, 0.25) is 5.02 Å². The van der Waals surface area contributed by atoms with Gasteiger partial charge in [0.05, 0.1) is 0 Å². The molecule has 0 unspecified atom stereocenters. The average molecular weight is 295 g/mol. The maximum atomic E-state index is 9.92. The van der Waals surface area contributed by atoms with Crippen molar-refractivity contribution in [1.29, 1.82) is 0 Å². The third-order valence-electron chi connectivity index (χ3n) is 5.10. The zero-order chi connectivity index (χ0) is 14.8. The lowest BCUT2D eigenvalue weighted by Gasteiger charge is -2.43. The fraction of sp³-hybridized carbons (Fsp3) is 0.667. The minimum atomic E-state index is 0.0789. The molecule has 2 heteroatoms. The quantitative estimate of drug-likeness (QED) is 0.822. The number of aliphatic hydroxyl groups is 1. The minimum absolute atomic E-state index is 0.0789. The van der Waals surface area contributed by atoms with E-state index in [9.17, 15) is 5.11 Å². The van der Waals surface area contributed by atoms with E-state index in [1.165, 1.54) is 18.4 Å². The van der Waals surface area contributed by atoms with Crippen molar-refractivity contribution in [2.75, 3.05) is 6.61 Å². The molecule has 0 spiro atoms. The van der Waals surface area contributed by atoms with Gasteiger partial charge in [0.2, 0.25) is 0 Å². The predicted molar refractivity (Wildman–Crippen MR) is 86.1 cm³/mol. The van der Waals surface area contributed by atoms with Crippen molar-refractivity contribution in [1.82, 2.24) is 0 Å². The summed E-state index contributed by atoms with van der Waals surface area (Å²) < 4.78 is 0. The van der Waals surface area contributed by atoms with Gasteiger partial charge in [-0.25, -0.2) is 0 Å². The lowest BCUT2D eigenvalue weighted by molar-refractivity contribution is 0.0369. The molecule has 0 saturated heterocycles. The van der Waals surface area contributed by atoms with Crippen LogP contribution in [0.5, 0.6) is 0 Å². The van der Waals surface area contributed by atoms with Crippen molar-refractivity contribution in [2.24, 2.45) is 16.7 Å². The van der Waals surface area contributed by atoms with Gasteiger partial charge in [0.15, 0.2) is 0 Å². The molecule has 0 atom stereocenters. The minimum Gasteiger partial charge on any atom is -0.396 e. The van der Waals surface area contributed by atoms with Crippen LogP contribution in [0.1, 0.15) is 52.0 Å². The van der Waals surface area contributed by atoms with Gasteiger partial charge in [0.25, 0.3) is 0 Å². The molecule has 1 saturated carbocycles. The summed E-state index contributed by atoms with van der Waals surface area (Å²) in [5.74, 6) is 0.785. The first-order valence-corrected chi connectivity index (χ1v) is 8.08.